The lowest BCUT2D eigenvalue weighted by Crippen LogP contribution is -2.41. The summed E-state index contributed by atoms with van der Waals surface area (Å²) in [5.41, 5.74) is 0. The van der Waals surface area contributed by atoms with Crippen molar-refractivity contribution in [3.8, 4) is 0 Å². The molecule has 4 rings (SSSR count). The highest BCUT2D eigenvalue weighted by atomic mass is 79.9. The number of fused-ring (bicyclic) bond motifs is 1. The van der Waals surface area contributed by atoms with Gasteiger partial charge in [0.15, 0.2) is 5.13 Å². The Balaban J connectivity index is 1.56. The molecular formula is C17H13BrClN3O3S2. The minimum atomic E-state index is -3.84. The van der Waals surface area contributed by atoms with Gasteiger partial charge in [-0.25, -0.2) is 13.4 Å². The van der Waals surface area contributed by atoms with Crippen molar-refractivity contribution in [2.24, 2.45) is 0 Å². The SMILES string of the molecule is O=C1[C@@H](NS(=O)(=O)c2ccc3cc(Cl)ccc3c2)CCN1c1ncc(Br)s1. The molecule has 1 aliphatic rings. The number of carbonyl (C=O) groups is 1. The third-order valence-corrected chi connectivity index (χ3v) is 7.49. The molecule has 3 aromatic rings. The molecule has 10 heteroatoms. The molecule has 1 N–H and O–H groups in total. The summed E-state index contributed by atoms with van der Waals surface area (Å²) in [6.45, 7) is 0.419. The van der Waals surface area contributed by atoms with Gasteiger partial charge in [-0.05, 0) is 57.4 Å². The lowest BCUT2D eigenvalue weighted by molar-refractivity contribution is -0.118. The fraction of sp³-hybridized carbons (Fsp3) is 0.176. The maximum atomic E-state index is 12.8. The van der Waals surface area contributed by atoms with Crippen molar-refractivity contribution in [3.63, 3.8) is 0 Å². The lowest BCUT2D eigenvalue weighted by Gasteiger charge is -2.14. The summed E-state index contributed by atoms with van der Waals surface area (Å²) < 4.78 is 28.9. The van der Waals surface area contributed by atoms with Gasteiger partial charge in [0.25, 0.3) is 0 Å². The maximum absolute atomic E-state index is 12.8. The second-order valence-corrected chi connectivity index (χ2v) is 10.6. The monoisotopic (exact) mass is 485 g/mol. The summed E-state index contributed by atoms with van der Waals surface area (Å²) >= 11 is 10.6. The summed E-state index contributed by atoms with van der Waals surface area (Å²) in [6.07, 6.45) is 2.00. The number of halogens is 2. The molecule has 1 fully saturated rings. The summed E-state index contributed by atoms with van der Waals surface area (Å²) in [5, 5.41) is 2.74. The first kappa shape index (κ1) is 18.8. The highest BCUT2D eigenvalue weighted by molar-refractivity contribution is 9.11. The van der Waals surface area contributed by atoms with Crippen molar-refractivity contribution in [2.75, 3.05) is 11.4 Å². The van der Waals surface area contributed by atoms with E-state index in [1.807, 2.05) is 0 Å². The van der Waals surface area contributed by atoms with Gasteiger partial charge in [-0.3, -0.25) is 9.69 Å². The Morgan fingerprint density at radius 3 is 2.70 bits per heavy atom. The molecule has 0 unspecified atom stereocenters. The quantitative estimate of drug-likeness (QED) is 0.608. The summed E-state index contributed by atoms with van der Waals surface area (Å²) in [6, 6.07) is 9.21. The van der Waals surface area contributed by atoms with Crippen molar-refractivity contribution in [1.29, 1.82) is 0 Å². The Kier molecular flexibility index (Phi) is 4.98. The van der Waals surface area contributed by atoms with E-state index in [1.165, 1.54) is 22.3 Å². The molecule has 1 aromatic heterocycles. The largest absolute Gasteiger partial charge is 0.287 e. The van der Waals surface area contributed by atoms with E-state index in [4.69, 9.17) is 11.6 Å². The number of anilines is 1. The number of hydrogen-bond acceptors (Lipinski definition) is 5. The summed E-state index contributed by atoms with van der Waals surface area (Å²) in [7, 11) is -3.84. The van der Waals surface area contributed by atoms with Crippen LogP contribution in [0.5, 0.6) is 0 Å². The number of carbonyl (C=O) groups excluding carboxylic acids is 1. The number of aromatic nitrogens is 1. The van der Waals surface area contributed by atoms with Gasteiger partial charge in [-0.15, -0.1) is 0 Å². The molecule has 1 aliphatic heterocycles. The molecule has 0 aliphatic carbocycles. The highest BCUT2D eigenvalue weighted by Crippen LogP contribution is 2.30. The minimum absolute atomic E-state index is 0.112. The third-order valence-electron chi connectivity index (χ3n) is 4.28. The van der Waals surface area contributed by atoms with Crippen LogP contribution >= 0.6 is 38.9 Å². The zero-order chi connectivity index (χ0) is 19.2. The van der Waals surface area contributed by atoms with Gasteiger partial charge >= 0.3 is 0 Å². The third kappa shape index (κ3) is 3.74. The second-order valence-electron chi connectivity index (χ2n) is 6.05. The molecule has 0 bridgehead atoms. The molecule has 1 amide bonds. The van der Waals surface area contributed by atoms with E-state index in [2.05, 4.69) is 25.6 Å². The van der Waals surface area contributed by atoms with Crippen LogP contribution in [0.4, 0.5) is 5.13 Å². The van der Waals surface area contributed by atoms with Crippen LogP contribution < -0.4 is 9.62 Å². The average molecular weight is 487 g/mol. The van der Waals surface area contributed by atoms with Gasteiger partial charge in [0.05, 0.1) is 14.9 Å². The molecule has 0 saturated carbocycles. The van der Waals surface area contributed by atoms with Crippen LogP contribution in [0.15, 0.2) is 51.3 Å². The Bertz CT molecular complexity index is 1150. The summed E-state index contributed by atoms with van der Waals surface area (Å²) in [4.78, 5) is 18.4. The Morgan fingerprint density at radius 2 is 1.96 bits per heavy atom. The van der Waals surface area contributed by atoms with Gasteiger partial charge in [-0.1, -0.05) is 35.1 Å². The van der Waals surface area contributed by atoms with Crippen LogP contribution in [0.25, 0.3) is 10.8 Å². The maximum Gasteiger partial charge on any atom is 0.247 e. The number of nitrogens with zero attached hydrogens (tertiary/aromatic N) is 2. The first-order chi connectivity index (χ1) is 12.8. The van der Waals surface area contributed by atoms with Crippen LogP contribution in [0, 0.1) is 0 Å². The fourth-order valence-electron chi connectivity index (χ4n) is 2.97. The standard InChI is InChI=1S/C17H13BrClN3O3S2/c18-15-9-20-17(26-15)22-6-5-14(16(22)23)21-27(24,25)13-4-2-10-7-12(19)3-1-11(10)8-13/h1-4,7-9,14,21H,5-6H2/t14-/m0/s1. The number of hydrogen-bond donors (Lipinski definition) is 1. The van der Waals surface area contributed by atoms with E-state index >= 15 is 0 Å². The Hall–Kier alpha value is -1.52. The fourth-order valence-corrected chi connectivity index (χ4v) is 5.62. The van der Waals surface area contributed by atoms with E-state index in [1.54, 1.807) is 36.5 Å². The molecule has 2 heterocycles. The van der Waals surface area contributed by atoms with Crippen LogP contribution in [-0.2, 0) is 14.8 Å². The van der Waals surface area contributed by atoms with E-state index in [9.17, 15) is 13.2 Å². The van der Waals surface area contributed by atoms with Crippen molar-refractivity contribution >= 4 is 70.7 Å². The smallest absolute Gasteiger partial charge is 0.247 e. The number of thiazole rings is 1. The van der Waals surface area contributed by atoms with Crippen molar-refractivity contribution in [1.82, 2.24) is 9.71 Å². The van der Waals surface area contributed by atoms with Gasteiger partial charge < -0.3 is 0 Å². The normalized spacial score (nSPS) is 17.8. The van der Waals surface area contributed by atoms with E-state index < -0.39 is 16.1 Å². The van der Waals surface area contributed by atoms with E-state index in [0.29, 0.717) is 23.1 Å². The topological polar surface area (TPSA) is 79.4 Å². The van der Waals surface area contributed by atoms with Crippen LogP contribution in [0.2, 0.25) is 5.02 Å². The zero-order valence-corrected chi connectivity index (χ0v) is 17.7. The van der Waals surface area contributed by atoms with Gasteiger partial charge in [0, 0.05) is 11.6 Å². The highest BCUT2D eigenvalue weighted by Gasteiger charge is 2.36. The van der Waals surface area contributed by atoms with Gasteiger partial charge in [0.1, 0.15) is 6.04 Å². The molecular weight excluding hydrogens is 474 g/mol. The van der Waals surface area contributed by atoms with E-state index in [0.717, 1.165) is 14.6 Å². The van der Waals surface area contributed by atoms with Crippen molar-refractivity contribution in [3.05, 3.63) is 51.4 Å². The molecule has 6 nitrogen and oxygen atoms in total. The van der Waals surface area contributed by atoms with Gasteiger partial charge in [0.2, 0.25) is 15.9 Å². The predicted octanol–water partition coefficient (Wildman–Crippen LogP) is 3.80. The van der Waals surface area contributed by atoms with Crippen LogP contribution in [-0.4, -0.2) is 31.9 Å². The van der Waals surface area contributed by atoms with Crippen LogP contribution in [0.1, 0.15) is 6.42 Å². The average Bonchev–Trinajstić information content (AvgIpc) is 3.20. The minimum Gasteiger partial charge on any atom is -0.287 e. The molecule has 1 atom stereocenters. The van der Waals surface area contributed by atoms with Crippen LogP contribution in [0.3, 0.4) is 0 Å². The number of benzene rings is 2. The number of amides is 1. The first-order valence-corrected chi connectivity index (χ1v) is 11.4. The zero-order valence-electron chi connectivity index (χ0n) is 13.7. The molecule has 140 valence electrons. The number of rotatable bonds is 4. The molecule has 1 saturated heterocycles. The predicted molar refractivity (Wildman–Crippen MR) is 110 cm³/mol. The Morgan fingerprint density at radius 1 is 1.22 bits per heavy atom. The van der Waals surface area contributed by atoms with E-state index in [-0.39, 0.29) is 10.8 Å². The Labute approximate surface area is 173 Å². The number of sulfonamides is 1. The first-order valence-electron chi connectivity index (χ1n) is 7.98. The summed E-state index contributed by atoms with van der Waals surface area (Å²) in [5.74, 6) is -0.298. The van der Waals surface area contributed by atoms with Gasteiger partial charge in [-0.2, -0.15) is 4.72 Å². The van der Waals surface area contributed by atoms with Crippen molar-refractivity contribution in [2.45, 2.75) is 17.4 Å². The molecule has 2 aromatic carbocycles. The lowest BCUT2D eigenvalue weighted by atomic mass is 10.1. The molecule has 27 heavy (non-hydrogen) atoms. The van der Waals surface area contributed by atoms with Crippen molar-refractivity contribution < 1.29 is 13.2 Å². The second kappa shape index (κ2) is 7.14. The molecule has 0 radical (unpaired) electrons. The number of nitrogens with one attached hydrogen (secondary N) is 1. The molecule has 0 spiro atoms.